The maximum atomic E-state index is 12.2. The third-order valence-corrected chi connectivity index (χ3v) is 4.93. The van der Waals surface area contributed by atoms with Crippen molar-refractivity contribution in [2.75, 3.05) is 6.54 Å². The Balaban J connectivity index is 2.00. The van der Waals surface area contributed by atoms with Gasteiger partial charge in [-0.25, -0.2) is 9.59 Å². The molecule has 110 valence electrons. The zero-order chi connectivity index (χ0) is 14.8. The fourth-order valence-electron chi connectivity index (χ4n) is 2.60. The molecule has 20 heavy (non-hydrogen) atoms. The van der Waals surface area contributed by atoms with Gasteiger partial charge < -0.3 is 15.3 Å². The number of carbonyl (C=O) groups is 2. The summed E-state index contributed by atoms with van der Waals surface area (Å²) >= 11 is 1.62. The second kappa shape index (κ2) is 5.83. The number of carboxylic acids is 1. The van der Waals surface area contributed by atoms with E-state index in [0.29, 0.717) is 19.5 Å². The van der Waals surface area contributed by atoms with E-state index < -0.39 is 11.5 Å². The Kier molecular flexibility index (Phi) is 4.32. The molecule has 2 rings (SSSR count). The first-order valence-corrected chi connectivity index (χ1v) is 7.71. The van der Waals surface area contributed by atoms with Crippen LogP contribution in [0, 0.1) is 0 Å². The van der Waals surface area contributed by atoms with Crippen molar-refractivity contribution in [3.8, 4) is 0 Å². The molecule has 1 atom stereocenters. The molecule has 0 aromatic carbocycles. The Morgan fingerprint density at radius 3 is 2.95 bits per heavy atom. The van der Waals surface area contributed by atoms with Gasteiger partial charge in [0.15, 0.2) is 0 Å². The van der Waals surface area contributed by atoms with Crippen LogP contribution in [0.2, 0.25) is 0 Å². The smallest absolute Gasteiger partial charge is 0.329 e. The van der Waals surface area contributed by atoms with E-state index in [4.69, 9.17) is 0 Å². The van der Waals surface area contributed by atoms with E-state index in [-0.39, 0.29) is 6.03 Å². The molecule has 1 aromatic heterocycles. The highest BCUT2D eigenvalue weighted by Crippen LogP contribution is 2.29. The second-order valence-electron chi connectivity index (χ2n) is 5.22. The predicted molar refractivity (Wildman–Crippen MR) is 77.9 cm³/mol. The molecule has 0 aliphatic carbocycles. The monoisotopic (exact) mass is 296 g/mol. The molecular formula is C14H20N2O3S. The standard InChI is InChI=1S/C14H20N2O3S/c1-3-10-5-8-20-11(10)9-15-13(19)16-7-4-6-14(16,2)12(17)18/h5,8H,3-4,6-7,9H2,1-2H3,(H,15,19)(H,17,18). The summed E-state index contributed by atoms with van der Waals surface area (Å²) in [6, 6.07) is 1.77. The number of nitrogens with one attached hydrogen (secondary N) is 1. The lowest BCUT2D eigenvalue weighted by atomic mass is 10.00. The summed E-state index contributed by atoms with van der Waals surface area (Å²) in [6.07, 6.45) is 2.18. The topological polar surface area (TPSA) is 69.6 Å². The molecule has 0 saturated carbocycles. The molecule has 6 heteroatoms. The molecule has 0 bridgehead atoms. The molecule has 0 spiro atoms. The van der Waals surface area contributed by atoms with E-state index >= 15 is 0 Å². The highest BCUT2D eigenvalue weighted by atomic mass is 32.1. The van der Waals surface area contributed by atoms with Crippen LogP contribution in [0.15, 0.2) is 11.4 Å². The SMILES string of the molecule is CCc1ccsc1CNC(=O)N1CCCC1(C)C(=O)O. The van der Waals surface area contributed by atoms with Crippen LogP contribution in [0.3, 0.4) is 0 Å². The molecule has 5 nitrogen and oxygen atoms in total. The summed E-state index contributed by atoms with van der Waals surface area (Å²) < 4.78 is 0. The molecular weight excluding hydrogens is 276 g/mol. The molecule has 1 aromatic rings. The van der Waals surface area contributed by atoms with Crippen LogP contribution in [0.25, 0.3) is 0 Å². The summed E-state index contributed by atoms with van der Waals surface area (Å²) in [7, 11) is 0. The fraction of sp³-hybridized carbons (Fsp3) is 0.571. The average Bonchev–Trinajstić information content (AvgIpc) is 3.02. The van der Waals surface area contributed by atoms with Crippen molar-refractivity contribution in [3.05, 3.63) is 21.9 Å². The first-order chi connectivity index (χ1) is 9.49. The number of amides is 2. The van der Waals surface area contributed by atoms with Crippen LogP contribution in [-0.4, -0.2) is 34.1 Å². The molecule has 0 radical (unpaired) electrons. The maximum absolute atomic E-state index is 12.2. The van der Waals surface area contributed by atoms with Crippen molar-refractivity contribution >= 4 is 23.3 Å². The number of hydrogen-bond acceptors (Lipinski definition) is 3. The minimum atomic E-state index is -1.08. The number of likely N-dealkylation sites (tertiary alicyclic amines) is 1. The first kappa shape index (κ1) is 14.8. The number of carbonyl (C=O) groups excluding carboxylic acids is 1. The minimum Gasteiger partial charge on any atom is -0.480 e. The zero-order valence-electron chi connectivity index (χ0n) is 11.8. The largest absolute Gasteiger partial charge is 0.480 e. The normalized spacial score (nSPS) is 22.0. The summed E-state index contributed by atoms with van der Waals surface area (Å²) in [5.41, 5.74) is 0.158. The number of urea groups is 1. The van der Waals surface area contributed by atoms with Crippen molar-refractivity contribution in [2.24, 2.45) is 0 Å². The molecule has 1 aliphatic heterocycles. The average molecular weight is 296 g/mol. The van der Waals surface area contributed by atoms with Gasteiger partial charge in [0.05, 0.1) is 6.54 Å². The molecule has 1 fully saturated rings. The van der Waals surface area contributed by atoms with E-state index in [1.165, 1.54) is 10.5 Å². The van der Waals surface area contributed by atoms with Gasteiger partial charge in [-0.3, -0.25) is 0 Å². The number of aryl methyl sites for hydroxylation is 1. The summed E-state index contributed by atoms with van der Waals surface area (Å²) in [5, 5.41) is 14.2. The minimum absolute atomic E-state index is 0.289. The lowest BCUT2D eigenvalue weighted by molar-refractivity contribution is -0.147. The number of thiophene rings is 1. The molecule has 1 saturated heterocycles. The predicted octanol–water partition coefficient (Wildman–Crippen LogP) is 2.46. The van der Waals surface area contributed by atoms with E-state index in [1.54, 1.807) is 18.3 Å². The van der Waals surface area contributed by atoms with Crippen LogP contribution < -0.4 is 5.32 Å². The van der Waals surface area contributed by atoms with E-state index in [2.05, 4.69) is 18.3 Å². The molecule has 2 heterocycles. The Morgan fingerprint density at radius 1 is 1.55 bits per heavy atom. The quantitative estimate of drug-likeness (QED) is 0.896. The Morgan fingerprint density at radius 2 is 2.30 bits per heavy atom. The van der Waals surface area contributed by atoms with E-state index in [1.807, 2.05) is 5.38 Å². The van der Waals surface area contributed by atoms with Gasteiger partial charge in [0.1, 0.15) is 5.54 Å². The summed E-state index contributed by atoms with van der Waals surface area (Å²) in [4.78, 5) is 26.1. The van der Waals surface area contributed by atoms with Crippen molar-refractivity contribution in [1.29, 1.82) is 0 Å². The molecule has 1 unspecified atom stereocenters. The van der Waals surface area contributed by atoms with Crippen LogP contribution in [-0.2, 0) is 17.8 Å². The molecule has 2 N–H and O–H groups in total. The van der Waals surface area contributed by atoms with Crippen LogP contribution in [0.5, 0.6) is 0 Å². The lowest BCUT2D eigenvalue weighted by Gasteiger charge is -2.31. The van der Waals surface area contributed by atoms with Crippen molar-refractivity contribution in [2.45, 2.75) is 45.2 Å². The van der Waals surface area contributed by atoms with Gasteiger partial charge in [-0.15, -0.1) is 11.3 Å². The van der Waals surface area contributed by atoms with Gasteiger partial charge >= 0.3 is 12.0 Å². The Hall–Kier alpha value is -1.56. The number of aliphatic carboxylic acids is 1. The maximum Gasteiger partial charge on any atom is 0.329 e. The number of carboxylic acid groups (broad SMARTS) is 1. The van der Waals surface area contributed by atoms with Crippen molar-refractivity contribution < 1.29 is 14.7 Å². The highest BCUT2D eigenvalue weighted by Gasteiger charge is 2.45. The van der Waals surface area contributed by atoms with Crippen LogP contribution >= 0.6 is 11.3 Å². The first-order valence-electron chi connectivity index (χ1n) is 6.83. The third kappa shape index (κ3) is 2.65. The van der Waals surface area contributed by atoms with Crippen LogP contribution in [0.4, 0.5) is 4.79 Å². The second-order valence-corrected chi connectivity index (χ2v) is 6.22. The van der Waals surface area contributed by atoms with Gasteiger partial charge in [0.2, 0.25) is 0 Å². The Bertz CT molecular complexity index is 514. The summed E-state index contributed by atoms with van der Waals surface area (Å²) in [5.74, 6) is -0.935. The number of rotatable bonds is 4. The number of nitrogens with zero attached hydrogens (tertiary/aromatic N) is 1. The molecule has 2 amide bonds. The van der Waals surface area contributed by atoms with Gasteiger partial charge in [0.25, 0.3) is 0 Å². The fourth-order valence-corrected chi connectivity index (χ4v) is 3.52. The van der Waals surface area contributed by atoms with E-state index in [0.717, 1.165) is 17.7 Å². The van der Waals surface area contributed by atoms with E-state index in [9.17, 15) is 14.7 Å². The van der Waals surface area contributed by atoms with Gasteiger partial charge in [-0.05, 0) is 43.2 Å². The lowest BCUT2D eigenvalue weighted by Crippen LogP contribution is -2.53. The van der Waals surface area contributed by atoms with Crippen molar-refractivity contribution in [3.63, 3.8) is 0 Å². The van der Waals surface area contributed by atoms with Gasteiger partial charge in [-0.2, -0.15) is 0 Å². The van der Waals surface area contributed by atoms with Crippen molar-refractivity contribution in [1.82, 2.24) is 10.2 Å². The Labute approximate surface area is 122 Å². The summed E-state index contributed by atoms with van der Waals surface area (Å²) in [6.45, 7) is 4.66. The van der Waals surface area contributed by atoms with Crippen LogP contribution in [0.1, 0.15) is 37.1 Å². The van der Waals surface area contributed by atoms with Gasteiger partial charge in [0, 0.05) is 11.4 Å². The zero-order valence-corrected chi connectivity index (χ0v) is 12.6. The molecule has 1 aliphatic rings. The van der Waals surface area contributed by atoms with Gasteiger partial charge in [-0.1, -0.05) is 6.92 Å². The third-order valence-electron chi connectivity index (χ3n) is 3.97. The highest BCUT2D eigenvalue weighted by molar-refractivity contribution is 7.10. The number of hydrogen-bond donors (Lipinski definition) is 2.